The van der Waals surface area contributed by atoms with Crippen LogP contribution in [0.25, 0.3) is 0 Å². The van der Waals surface area contributed by atoms with E-state index in [1.54, 1.807) is 0 Å². The first-order valence-corrected chi connectivity index (χ1v) is 32.8. The molecule has 0 saturated heterocycles. The first kappa shape index (κ1) is 76.5. The number of carbonyl (C=O) groups is 3. The molecule has 458 valence electrons. The van der Waals surface area contributed by atoms with Crippen molar-refractivity contribution in [2.45, 2.75) is 264 Å². The molecule has 0 heterocycles. The van der Waals surface area contributed by atoms with E-state index in [4.69, 9.17) is 14.2 Å². The van der Waals surface area contributed by atoms with E-state index in [0.29, 0.717) is 19.3 Å². The van der Waals surface area contributed by atoms with Crippen molar-refractivity contribution >= 4 is 17.9 Å². The van der Waals surface area contributed by atoms with E-state index in [0.717, 1.165) is 154 Å². The normalized spacial score (nSPS) is 13.4. The van der Waals surface area contributed by atoms with Crippen LogP contribution in [0.15, 0.2) is 182 Å². The Morgan fingerprint density at radius 2 is 0.476 bits per heavy atom. The average Bonchev–Trinajstić information content (AvgIpc) is 3.47. The molecule has 0 spiro atoms. The van der Waals surface area contributed by atoms with Gasteiger partial charge in [0.1, 0.15) is 13.2 Å². The van der Waals surface area contributed by atoms with Gasteiger partial charge in [-0.05, 0) is 141 Å². The van der Waals surface area contributed by atoms with Crippen molar-refractivity contribution in [3.8, 4) is 0 Å². The van der Waals surface area contributed by atoms with E-state index in [9.17, 15) is 14.4 Å². The molecule has 0 aliphatic heterocycles. The molecule has 1 atom stereocenters. The molecule has 0 radical (unpaired) electrons. The zero-order valence-electron chi connectivity index (χ0n) is 52.4. The van der Waals surface area contributed by atoms with Crippen molar-refractivity contribution in [3.63, 3.8) is 0 Å². The summed E-state index contributed by atoms with van der Waals surface area (Å²) in [5.74, 6) is -0.973. The summed E-state index contributed by atoms with van der Waals surface area (Å²) >= 11 is 0. The molecular weight excluding hydrogens is 1010 g/mol. The van der Waals surface area contributed by atoms with E-state index < -0.39 is 6.10 Å². The quantitative estimate of drug-likeness (QED) is 0.0261. The molecule has 0 saturated carbocycles. The van der Waals surface area contributed by atoms with Gasteiger partial charge in [0.05, 0.1) is 0 Å². The Hall–Kier alpha value is -5.49. The standard InChI is InChI=1S/C76H118O6/c1-4-7-10-13-16-18-20-22-24-26-28-30-32-34-36-37-38-39-41-42-44-46-48-50-52-54-56-58-60-63-66-69-75(78)81-72-73(71-80-74(77)68-65-62-15-12-9-6-3)82-76(79)70-67-64-61-59-57-55-53-51-49-47-45-43-40-35-33-31-29-27-25-23-21-19-17-14-11-8-5-2/h7-8,10-11,16-19,22-25,28-31,34-36,38-40,42,44-45,47,51,53,57,59,73H,4-6,9,12-15,20-21,26-27,32-33,37,41,43,46,48-50,52,54-56,58,60-72H2,1-3H3/b10-7-,11-8-,18-16-,19-17-,24-22-,25-23-,30-28-,31-29-,36-34-,39-38-,40-35-,44-42-,47-45-,53-51-,59-57-. The van der Waals surface area contributed by atoms with Crippen molar-refractivity contribution in [1.29, 1.82) is 0 Å². The molecule has 0 aromatic rings. The first-order chi connectivity index (χ1) is 40.5. The zero-order valence-corrected chi connectivity index (χ0v) is 52.4. The van der Waals surface area contributed by atoms with Crippen LogP contribution in [0.1, 0.15) is 258 Å². The number of hydrogen-bond donors (Lipinski definition) is 0. The third-order valence-corrected chi connectivity index (χ3v) is 13.2. The second-order valence-electron chi connectivity index (χ2n) is 20.9. The van der Waals surface area contributed by atoms with E-state index >= 15 is 0 Å². The van der Waals surface area contributed by atoms with E-state index in [1.165, 1.54) is 57.8 Å². The molecule has 0 rings (SSSR count). The maximum Gasteiger partial charge on any atom is 0.306 e. The summed E-state index contributed by atoms with van der Waals surface area (Å²) in [4.78, 5) is 38.0. The summed E-state index contributed by atoms with van der Waals surface area (Å²) in [7, 11) is 0. The first-order valence-electron chi connectivity index (χ1n) is 32.8. The van der Waals surface area contributed by atoms with Gasteiger partial charge in [-0.15, -0.1) is 0 Å². The second kappa shape index (κ2) is 68.0. The van der Waals surface area contributed by atoms with Crippen molar-refractivity contribution in [2.75, 3.05) is 13.2 Å². The minimum Gasteiger partial charge on any atom is -0.462 e. The zero-order chi connectivity index (χ0) is 59.2. The Balaban J connectivity index is 4.23. The third-order valence-electron chi connectivity index (χ3n) is 13.2. The second-order valence-corrected chi connectivity index (χ2v) is 20.9. The van der Waals surface area contributed by atoms with Crippen LogP contribution >= 0.6 is 0 Å². The van der Waals surface area contributed by atoms with E-state index in [-0.39, 0.29) is 37.5 Å². The predicted molar refractivity (Wildman–Crippen MR) is 357 cm³/mol. The minimum atomic E-state index is -0.811. The maximum absolute atomic E-state index is 12.8. The van der Waals surface area contributed by atoms with Crippen LogP contribution < -0.4 is 0 Å². The molecule has 0 aliphatic carbocycles. The van der Waals surface area contributed by atoms with Gasteiger partial charge < -0.3 is 14.2 Å². The Labute approximate surface area is 504 Å². The highest BCUT2D eigenvalue weighted by Gasteiger charge is 2.19. The van der Waals surface area contributed by atoms with Gasteiger partial charge in [0.25, 0.3) is 0 Å². The smallest absolute Gasteiger partial charge is 0.306 e. The van der Waals surface area contributed by atoms with Crippen LogP contribution in [0.4, 0.5) is 0 Å². The van der Waals surface area contributed by atoms with Gasteiger partial charge in [0, 0.05) is 19.3 Å². The van der Waals surface area contributed by atoms with Crippen molar-refractivity contribution in [2.24, 2.45) is 0 Å². The van der Waals surface area contributed by atoms with Crippen LogP contribution in [0, 0.1) is 0 Å². The molecule has 0 N–H and O–H groups in total. The lowest BCUT2D eigenvalue weighted by Gasteiger charge is -2.18. The van der Waals surface area contributed by atoms with Gasteiger partial charge in [-0.25, -0.2) is 0 Å². The highest BCUT2D eigenvalue weighted by atomic mass is 16.6. The number of esters is 3. The molecular formula is C76H118O6. The Morgan fingerprint density at radius 1 is 0.256 bits per heavy atom. The topological polar surface area (TPSA) is 78.9 Å². The summed E-state index contributed by atoms with van der Waals surface area (Å²) < 4.78 is 16.8. The molecule has 0 aromatic carbocycles. The minimum absolute atomic E-state index is 0.105. The fourth-order valence-corrected chi connectivity index (χ4v) is 8.32. The predicted octanol–water partition coefficient (Wildman–Crippen LogP) is 22.8. The van der Waals surface area contributed by atoms with Gasteiger partial charge in [-0.1, -0.05) is 280 Å². The number of ether oxygens (including phenoxy) is 3. The third kappa shape index (κ3) is 65.3. The summed E-state index contributed by atoms with van der Waals surface area (Å²) in [5.41, 5.74) is 0. The molecule has 1 unspecified atom stereocenters. The van der Waals surface area contributed by atoms with Crippen molar-refractivity contribution in [1.82, 2.24) is 0 Å². The number of allylic oxidation sites excluding steroid dienone is 30. The molecule has 0 aromatic heterocycles. The van der Waals surface area contributed by atoms with Gasteiger partial charge in [-0.3, -0.25) is 14.4 Å². The van der Waals surface area contributed by atoms with Crippen LogP contribution in [0.3, 0.4) is 0 Å². The molecule has 0 fully saturated rings. The average molecular weight is 1130 g/mol. The summed E-state index contributed by atoms with van der Waals surface area (Å²) in [6.45, 7) is 6.30. The lowest BCUT2D eigenvalue weighted by Crippen LogP contribution is -2.30. The lowest BCUT2D eigenvalue weighted by atomic mass is 10.1. The lowest BCUT2D eigenvalue weighted by molar-refractivity contribution is -0.167. The molecule has 0 amide bonds. The van der Waals surface area contributed by atoms with Gasteiger partial charge >= 0.3 is 17.9 Å². The maximum atomic E-state index is 12.8. The van der Waals surface area contributed by atoms with E-state index in [1.807, 2.05) is 0 Å². The number of unbranched alkanes of at least 4 members (excludes halogenated alkanes) is 16. The fourth-order valence-electron chi connectivity index (χ4n) is 8.32. The van der Waals surface area contributed by atoms with Crippen LogP contribution in [0.5, 0.6) is 0 Å². The highest BCUT2D eigenvalue weighted by molar-refractivity contribution is 5.71. The summed E-state index contributed by atoms with van der Waals surface area (Å²) in [6.07, 6.45) is 102. The Bertz CT molecular complexity index is 1920. The van der Waals surface area contributed by atoms with Crippen LogP contribution in [0.2, 0.25) is 0 Å². The summed E-state index contributed by atoms with van der Waals surface area (Å²) in [6, 6.07) is 0. The number of hydrogen-bond acceptors (Lipinski definition) is 6. The van der Waals surface area contributed by atoms with Crippen LogP contribution in [-0.2, 0) is 28.6 Å². The Morgan fingerprint density at radius 3 is 0.768 bits per heavy atom. The molecule has 0 aliphatic rings. The molecule has 6 heteroatoms. The van der Waals surface area contributed by atoms with Gasteiger partial charge in [-0.2, -0.15) is 0 Å². The van der Waals surface area contributed by atoms with Crippen LogP contribution in [-0.4, -0.2) is 37.2 Å². The number of rotatable bonds is 57. The monoisotopic (exact) mass is 1130 g/mol. The SMILES string of the molecule is CC/C=C\C/C=C\C/C=C\C/C=C\C/C=C\C/C=C\C/C=C\C/C=C\CCCCC(=O)OC(COC(=O)CCCCCCCC)COC(=O)CCCCCCCCCCC/C=C\C/C=C\C/C=C\C/C=C\C/C=C\C/C=C\C/C=C\CC. The number of carbonyl (C=O) groups excluding carboxylic acids is 3. The van der Waals surface area contributed by atoms with Gasteiger partial charge in [0.2, 0.25) is 0 Å². The van der Waals surface area contributed by atoms with Gasteiger partial charge in [0.15, 0.2) is 6.10 Å². The molecule has 0 bridgehead atoms. The van der Waals surface area contributed by atoms with E-state index in [2.05, 4.69) is 203 Å². The fraction of sp³-hybridized carbons (Fsp3) is 0.566. The molecule has 82 heavy (non-hydrogen) atoms. The summed E-state index contributed by atoms with van der Waals surface area (Å²) in [5, 5.41) is 0. The van der Waals surface area contributed by atoms with Crippen molar-refractivity contribution < 1.29 is 28.6 Å². The molecule has 6 nitrogen and oxygen atoms in total. The Kier molecular flexibility index (Phi) is 63.5. The largest absolute Gasteiger partial charge is 0.462 e. The highest BCUT2D eigenvalue weighted by Crippen LogP contribution is 2.14. The van der Waals surface area contributed by atoms with Crippen molar-refractivity contribution in [3.05, 3.63) is 182 Å².